The summed E-state index contributed by atoms with van der Waals surface area (Å²) >= 11 is 0. The second kappa shape index (κ2) is 13.6. The van der Waals surface area contributed by atoms with Gasteiger partial charge >= 0.3 is 17.9 Å². The predicted molar refractivity (Wildman–Crippen MR) is 106 cm³/mol. The van der Waals surface area contributed by atoms with Crippen molar-refractivity contribution in [2.75, 3.05) is 0 Å². The summed E-state index contributed by atoms with van der Waals surface area (Å²) in [6, 6.07) is -6.69. The average molecular weight is 477 g/mol. The highest BCUT2D eigenvalue weighted by atomic mass is 16.4. The van der Waals surface area contributed by atoms with E-state index >= 15 is 0 Å². The molecule has 11 N–H and O–H groups in total. The number of hydrogen-bond donors (Lipinski definition) is 9. The molecule has 0 saturated carbocycles. The van der Waals surface area contributed by atoms with E-state index in [0.29, 0.717) is 0 Å². The molecule has 0 aliphatic carbocycles. The van der Waals surface area contributed by atoms with Gasteiger partial charge in [-0.25, -0.2) is 4.79 Å². The lowest BCUT2D eigenvalue weighted by atomic mass is 10.1. The van der Waals surface area contributed by atoms with Crippen molar-refractivity contribution in [2.24, 2.45) is 11.5 Å². The molecule has 4 amide bonds. The lowest BCUT2D eigenvalue weighted by molar-refractivity contribution is -0.144. The van der Waals surface area contributed by atoms with E-state index in [9.17, 15) is 38.7 Å². The van der Waals surface area contributed by atoms with Crippen molar-refractivity contribution in [1.29, 1.82) is 0 Å². The second-order valence-electron chi connectivity index (χ2n) is 6.99. The van der Waals surface area contributed by atoms with Crippen LogP contribution in [0.1, 0.15) is 32.6 Å². The Labute approximate surface area is 186 Å². The molecule has 0 radical (unpaired) electrons. The highest BCUT2D eigenvalue weighted by Gasteiger charge is 2.33. The average Bonchev–Trinajstić information content (AvgIpc) is 2.66. The van der Waals surface area contributed by atoms with Gasteiger partial charge in [-0.3, -0.25) is 28.8 Å². The molecule has 186 valence electrons. The zero-order valence-electron chi connectivity index (χ0n) is 17.5. The molecule has 16 nitrogen and oxygen atoms in total. The number of aliphatic hydroxyl groups is 1. The molecule has 0 fully saturated rings. The number of carbonyl (C=O) groups is 7. The first-order valence-electron chi connectivity index (χ1n) is 9.45. The molecular weight excluding hydrogens is 450 g/mol. The molecule has 5 atom stereocenters. The van der Waals surface area contributed by atoms with Crippen LogP contribution in [0.3, 0.4) is 0 Å². The molecule has 0 aromatic carbocycles. The zero-order chi connectivity index (χ0) is 25.9. The van der Waals surface area contributed by atoms with E-state index in [1.165, 1.54) is 0 Å². The molecule has 0 aliphatic rings. The van der Waals surface area contributed by atoms with Crippen LogP contribution >= 0.6 is 0 Å². The molecule has 5 unspecified atom stereocenters. The first-order chi connectivity index (χ1) is 15.1. The van der Waals surface area contributed by atoms with E-state index in [2.05, 4.69) is 5.32 Å². The number of primary amides is 1. The van der Waals surface area contributed by atoms with Gasteiger partial charge in [0.25, 0.3) is 0 Å². The van der Waals surface area contributed by atoms with Crippen molar-refractivity contribution in [3.63, 3.8) is 0 Å². The van der Waals surface area contributed by atoms with Crippen molar-refractivity contribution in [2.45, 2.75) is 62.9 Å². The van der Waals surface area contributed by atoms with Crippen LogP contribution in [0.4, 0.5) is 0 Å². The normalized spacial score (nSPS) is 15.1. The van der Waals surface area contributed by atoms with Gasteiger partial charge in [-0.1, -0.05) is 0 Å². The SMILES string of the molecule is CC(O)C(NC(=O)C(N)CC(=O)O)C(=O)NC(CCC(=O)O)C(=O)NC(CC(N)=O)C(=O)O. The number of aliphatic carboxylic acids is 3. The van der Waals surface area contributed by atoms with Crippen molar-refractivity contribution >= 4 is 41.5 Å². The lowest BCUT2D eigenvalue weighted by Crippen LogP contribution is -2.60. The van der Waals surface area contributed by atoms with Crippen LogP contribution in [-0.4, -0.2) is 92.2 Å². The standard InChI is InChI=1S/C17H27N5O11/c1-6(23)13(22-14(29)7(18)4-12(27)28)16(31)20-8(2-3-11(25)26)15(30)21-9(17(32)33)5-10(19)24/h6-9,13,23H,2-5,18H2,1H3,(H2,19,24)(H,20,31)(H,21,30)(H,22,29)(H,25,26)(H,27,28)(H,32,33). The molecule has 0 bridgehead atoms. The fraction of sp³-hybridized carbons (Fsp3) is 0.588. The maximum absolute atomic E-state index is 12.6. The van der Waals surface area contributed by atoms with Crippen LogP contribution in [0, 0.1) is 0 Å². The van der Waals surface area contributed by atoms with Crippen molar-refractivity contribution in [1.82, 2.24) is 16.0 Å². The summed E-state index contributed by atoms with van der Waals surface area (Å²) in [6.45, 7) is 1.09. The minimum absolute atomic E-state index is 0.519. The second-order valence-corrected chi connectivity index (χ2v) is 6.99. The Morgan fingerprint density at radius 3 is 1.76 bits per heavy atom. The zero-order valence-corrected chi connectivity index (χ0v) is 17.5. The maximum Gasteiger partial charge on any atom is 0.326 e. The van der Waals surface area contributed by atoms with Gasteiger partial charge in [-0.15, -0.1) is 0 Å². The third-order valence-electron chi connectivity index (χ3n) is 4.09. The molecule has 0 heterocycles. The van der Waals surface area contributed by atoms with Crippen LogP contribution in [0.5, 0.6) is 0 Å². The Kier molecular flexibility index (Phi) is 12.0. The molecule has 0 aromatic heterocycles. The first kappa shape index (κ1) is 29.2. The summed E-state index contributed by atoms with van der Waals surface area (Å²) in [6.07, 6.45) is -4.28. The Bertz CT molecular complexity index is 785. The van der Waals surface area contributed by atoms with E-state index in [1.807, 2.05) is 10.6 Å². The Balaban J connectivity index is 5.53. The number of carbonyl (C=O) groups excluding carboxylic acids is 4. The van der Waals surface area contributed by atoms with Crippen LogP contribution in [0.25, 0.3) is 0 Å². The van der Waals surface area contributed by atoms with Crippen LogP contribution in [0.15, 0.2) is 0 Å². The third kappa shape index (κ3) is 11.4. The molecule has 33 heavy (non-hydrogen) atoms. The van der Waals surface area contributed by atoms with E-state index in [4.69, 9.17) is 26.8 Å². The Hall–Kier alpha value is -3.79. The lowest BCUT2D eigenvalue weighted by Gasteiger charge is -2.26. The predicted octanol–water partition coefficient (Wildman–Crippen LogP) is -4.55. The summed E-state index contributed by atoms with van der Waals surface area (Å²) in [4.78, 5) is 80.8. The van der Waals surface area contributed by atoms with E-state index in [-0.39, 0.29) is 0 Å². The number of amides is 4. The molecular formula is C17H27N5O11. The number of carboxylic acid groups (broad SMARTS) is 3. The largest absolute Gasteiger partial charge is 0.481 e. The van der Waals surface area contributed by atoms with Gasteiger partial charge in [0.15, 0.2) is 0 Å². The number of nitrogens with one attached hydrogen (secondary N) is 3. The maximum atomic E-state index is 12.6. The first-order valence-corrected chi connectivity index (χ1v) is 9.45. The molecule has 0 aliphatic heterocycles. The highest BCUT2D eigenvalue weighted by molar-refractivity contribution is 5.95. The number of hydrogen-bond acceptors (Lipinski definition) is 9. The molecule has 16 heteroatoms. The monoisotopic (exact) mass is 477 g/mol. The molecule has 0 spiro atoms. The summed E-state index contributed by atoms with van der Waals surface area (Å²) in [5.74, 6) is -8.86. The minimum Gasteiger partial charge on any atom is -0.481 e. The van der Waals surface area contributed by atoms with Crippen LogP contribution in [0.2, 0.25) is 0 Å². The molecule has 0 rings (SSSR count). The summed E-state index contributed by atoms with van der Waals surface area (Å²) < 4.78 is 0. The Morgan fingerprint density at radius 2 is 1.33 bits per heavy atom. The van der Waals surface area contributed by atoms with Crippen molar-refractivity contribution in [3.8, 4) is 0 Å². The number of aliphatic hydroxyl groups excluding tert-OH is 1. The fourth-order valence-corrected chi connectivity index (χ4v) is 2.42. The van der Waals surface area contributed by atoms with Gasteiger partial charge in [-0.05, 0) is 13.3 Å². The summed E-state index contributed by atoms with van der Waals surface area (Å²) in [5.41, 5.74) is 10.3. The molecule has 0 saturated heterocycles. The van der Waals surface area contributed by atoms with Gasteiger partial charge in [0, 0.05) is 6.42 Å². The van der Waals surface area contributed by atoms with Crippen LogP contribution < -0.4 is 27.4 Å². The van der Waals surface area contributed by atoms with Crippen molar-refractivity contribution in [3.05, 3.63) is 0 Å². The highest BCUT2D eigenvalue weighted by Crippen LogP contribution is 2.04. The smallest absolute Gasteiger partial charge is 0.326 e. The number of carboxylic acids is 3. The fourth-order valence-electron chi connectivity index (χ4n) is 2.42. The minimum atomic E-state index is -1.76. The quantitative estimate of drug-likeness (QED) is 0.108. The van der Waals surface area contributed by atoms with Gasteiger partial charge in [0.05, 0.1) is 25.0 Å². The van der Waals surface area contributed by atoms with E-state index < -0.39 is 97.5 Å². The van der Waals surface area contributed by atoms with Gasteiger partial charge in [0.2, 0.25) is 23.6 Å². The van der Waals surface area contributed by atoms with Gasteiger partial charge in [-0.2, -0.15) is 0 Å². The Morgan fingerprint density at radius 1 is 0.788 bits per heavy atom. The van der Waals surface area contributed by atoms with Crippen LogP contribution in [-0.2, 0) is 33.6 Å². The summed E-state index contributed by atoms with van der Waals surface area (Å²) in [7, 11) is 0. The summed E-state index contributed by atoms with van der Waals surface area (Å²) in [5, 5.41) is 42.5. The number of rotatable bonds is 15. The van der Waals surface area contributed by atoms with E-state index in [1.54, 1.807) is 0 Å². The third-order valence-corrected chi connectivity index (χ3v) is 4.09. The topological polar surface area (TPSA) is 289 Å². The molecule has 0 aromatic rings. The number of nitrogens with two attached hydrogens (primary N) is 2. The van der Waals surface area contributed by atoms with Gasteiger partial charge in [0.1, 0.15) is 18.1 Å². The van der Waals surface area contributed by atoms with E-state index in [0.717, 1.165) is 6.92 Å². The van der Waals surface area contributed by atoms with Crippen molar-refractivity contribution < 1.29 is 54.0 Å². The van der Waals surface area contributed by atoms with Gasteiger partial charge < -0.3 is 47.8 Å².